The summed E-state index contributed by atoms with van der Waals surface area (Å²) in [4.78, 5) is 81.2. The fraction of sp³-hybridized carbons (Fsp3) is 0.552. The number of likely N-dealkylation sites (N-methyl/N-ethyl adjacent to an activating group) is 1. The number of likely N-dealkylation sites (tertiary alicyclic amines) is 1. The van der Waals surface area contributed by atoms with Crippen LogP contribution in [0.1, 0.15) is 97.6 Å². The van der Waals surface area contributed by atoms with Gasteiger partial charge in [-0.05, 0) is 124 Å². The number of esters is 1. The summed E-state index contributed by atoms with van der Waals surface area (Å²) in [6.45, 7) is 19.3. The number of nitrogens with one attached hydrogen (secondary N) is 2. The first-order valence-electron chi connectivity index (χ1n) is 26.7. The average Bonchev–Trinajstić information content (AvgIpc) is 4.01. The van der Waals surface area contributed by atoms with E-state index in [9.17, 15) is 29.1 Å². The zero-order chi connectivity index (χ0) is 53.9. The highest BCUT2D eigenvalue weighted by Crippen LogP contribution is 2.42. The van der Waals surface area contributed by atoms with Crippen LogP contribution in [0.15, 0.2) is 54.7 Å². The highest BCUT2D eigenvalue weighted by atomic mass is 16.5. The fourth-order valence-corrected chi connectivity index (χ4v) is 11.5. The molecule has 3 N–H and O–H groups in total. The molecular formula is C58H76N8O9. The van der Waals surface area contributed by atoms with E-state index in [1.54, 1.807) is 37.4 Å². The number of morpholine rings is 1. The summed E-state index contributed by atoms with van der Waals surface area (Å²) in [5.74, 6) is 2.75. The highest BCUT2D eigenvalue weighted by Gasteiger charge is 2.40. The van der Waals surface area contributed by atoms with Gasteiger partial charge in [-0.15, -0.1) is 0 Å². The summed E-state index contributed by atoms with van der Waals surface area (Å²) in [6, 6.07) is 12.8. The van der Waals surface area contributed by atoms with Gasteiger partial charge >= 0.3 is 5.97 Å². The fourth-order valence-electron chi connectivity index (χ4n) is 11.5. The van der Waals surface area contributed by atoms with Crippen molar-refractivity contribution >= 4 is 40.5 Å². The molecule has 0 spiro atoms. The van der Waals surface area contributed by atoms with Gasteiger partial charge in [0, 0.05) is 86.9 Å². The van der Waals surface area contributed by atoms with Crippen molar-refractivity contribution in [2.24, 2.45) is 17.3 Å². The number of hydrazine groups is 1. The van der Waals surface area contributed by atoms with Gasteiger partial charge in [0.25, 0.3) is 11.8 Å². The molecule has 2 aromatic heterocycles. The Balaban J connectivity index is 1.10. The van der Waals surface area contributed by atoms with E-state index in [-0.39, 0.29) is 67.8 Å². The molecule has 6 bridgehead atoms. The van der Waals surface area contributed by atoms with Crippen molar-refractivity contribution in [3.8, 4) is 40.0 Å². The smallest absolute Gasteiger partial charge is 0.324 e. The van der Waals surface area contributed by atoms with Crippen LogP contribution in [0.4, 0.5) is 0 Å². The number of methoxy groups -OCH3 is 1. The summed E-state index contributed by atoms with van der Waals surface area (Å²) in [5.41, 5.74) is 9.51. The van der Waals surface area contributed by atoms with Crippen LogP contribution >= 0.6 is 0 Å². The van der Waals surface area contributed by atoms with Gasteiger partial charge in [0.15, 0.2) is 0 Å². The molecule has 17 heteroatoms. The second-order valence-corrected chi connectivity index (χ2v) is 22.1. The Bertz CT molecular complexity index is 2840. The lowest BCUT2D eigenvalue weighted by Crippen LogP contribution is -2.62. The monoisotopic (exact) mass is 1030 g/mol. The van der Waals surface area contributed by atoms with E-state index in [1.807, 2.05) is 39.0 Å². The molecule has 6 heterocycles. The van der Waals surface area contributed by atoms with Gasteiger partial charge < -0.3 is 39.0 Å². The zero-order valence-corrected chi connectivity index (χ0v) is 45.4. The Morgan fingerprint density at radius 1 is 1.03 bits per heavy atom. The summed E-state index contributed by atoms with van der Waals surface area (Å²) < 4.78 is 19.9. The number of phenolic OH excluding ortho intramolecular Hbond substituents is 1. The average molecular weight is 1030 g/mol. The van der Waals surface area contributed by atoms with Gasteiger partial charge in [0.05, 0.1) is 49.8 Å². The first kappa shape index (κ1) is 54.9. The molecule has 3 saturated heterocycles. The van der Waals surface area contributed by atoms with Crippen LogP contribution in [0.3, 0.4) is 0 Å². The molecule has 4 aliphatic heterocycles. The number of fused-ring (bicyclic) bond motifs is 6. The lowest BCUT2D eigenvalue weighted by molar-refractivity contribution is -0.155. The van der Waals surface area contributed by atoms with Crippen molar-refractivity contribution in [1.29, 1.82) is 0 Å². The van der Waals surface area contributed by atoms with Gasteiger partial charge in [-0.1, -0.05) is 45.7 Å². The number of hydrogen-bond acceptors (Lipinski definition) is 12. The first-order chi connectivity index (χ1) is 35.8. The number of cyclic esters (lactones) is 1. The third kappa shape index (κ3) is 12.0. The Kier molecular flexibility index (Phi) is 17.1. The molecule has 0 saturated carbocycles. The maximum absolute atomic E-state index is 14.9. The van der Waals surface area contributed by atoms with Crippen LogP contribution in [0.25, 0.3) is 33.3 Å². The molecular weight excluding hydrogens is 953 g/mol. The molecule has 4 aliphatic rings. The number of carbonyl (C=O) groups is 5. The largest absolute Gasteiger partial charge is 0.508 e. The van der Waals surface area contributed by atoms with Crippen molar-refractivity contribution in [2.75, 3.05) is 60.2 Å². The second kappa shape index (κ2) is 23.3. The van der Waals surface area contributed by atoms with Gasteiger partial charge in [-0.25, -0.2) is 5.43 Å². The van der Waals surface area contributed by atoms with E-state index in [4.69, 9.17) is 19.2 Å². The number of benzene rings is 2. The molecule has 4 amide bonds. The van der Waals surface area contributed by atoms with Gasteiger partial charge in [0.1, 0.15) is 23.9 Å². The van der Waals surface area contributed by atoms with Crippen LogP contribution < -0.4 is 10.7 Å². The number of nitrogens with zero attached hydrogens (tertiary/aromatic N) is 6. The molecule has 0 aliphatic carbocycles. The van der Waals surface area contributed by atoms with Crippen molar-refractivity contribution in [3.05, 3.63) is 71.5 Å². The minimum Gasteiger partial charge on any atom is -0.508 e. The van der Waals surface area contributed by atoms with Crippen molar-refractivity contribution < 1.29 is 43.3 Å². The highest BCUT2D eigenvalue weighted by molar-refractivity contribution is 5.97. The number of phenols is 1. The molecule has 402 valence electrons. The number of aromatic hydroxyl groups is 1. The number of rotatable bonds is 10. The van der Waals surface area contributed by atoms with Crippen LogP contribution in [0.2, 0.25) is 0 Å². The minimum atomic E-state index is -1.18. The topological polar surface area (TPSA) is 188 Å². The summed E-state index contributed by atoms with van der Waals surface area (Å²) in [7, 11) is 3.26. The Hall–Kier alpha value is -6.32. The number of amides is 4. The lowest BCUT2D eigenvalue weighted by Gasteiger charge is -2.37. The van der Waals surface area contributed by atoms with Crippen LogP contribution in [-0.4, -0.2) is 154 Å². The van der Waals surface area contributed by atoms with Gasteiger partial charge in [-0.2, -0.15) is 0 Å². The van der Waals surface area contributed by atoms with E-state index in [1.165, 1.54) is 9.91 Å². The number of carbonyl (C=O) groups excluding carboxylic acids is 5. The molecule has 1 unspecified atom stereocenters. The normalized spacial score (nSPS) is 23.2. The summed E-state index contributed by atoms with van der Waals surface area (Å²) in [5, 5.41) is 16.8. The Labute approximate surface area is 441 Å². The van der Waals surface area contributed by atoms with E-state index < -0.39 is 47.2 Å². The number of ether oxygens (including phenoxy) is 3. The number of aryl methyl sites for hydroxylation is 1. The first-order valence-corrected chi connectivity index (χ1v) is 26.7. The van der Waals surface area contributed by atoms with Crippen LogP contribution in [0, 0.1) is 29.1 Å². The number of hydrogen-bond donors (Lipinski definition) is 3. The second-order valence-electron chi connectivity index (χ2n) is 22.1. The van der Waals surface area contributed by atoms with Crippen molar-refractivity contribution in [3.63, 3.8) is 0 Å². The van der Waals surface area contributed by atoms with E-state index >= 15 is 0 Å². The number of aromatic nitrogens is 2. The Morgan fingerprint density at radius 3 is 2.51 bits per heavy atom. The summed E-state index contributed by atoms with van der Waals surface area (Å²) in [6.07, 6.45) is 3.35. The molecule has 8 rings (SSSR count). The predicted molar refractivity (Wildman–Crippen MR) is 286 cm³/mol. The maximum Gasteiger partial charge on any atom is 0.324 e. The Morgan fingerprint density at radius 2 is 1.79 bits per heavy atom. The summed E-state index contributed by atoms with van der Waals surface area (Å²) >= 11 is 0. The minimum absolute atomic E-state index is 0.0167. The molecule has 4 aromatic rings. The van der Waals surface area contributed by atoms with Crippen molar-refractivity contribution in [1.82, 2.24) is 40.0 Å². The van der Waals surface area contributed by atoms with Crippen LogP contribution in [-0.2, 0) is 57.6 Å². The molecule has 17 nitrogen and oxygen atoms in total. The molecule has 3 fully saturated rings. The third-order valence-electron chi connectivity index (χ3n) is 15.5. The maximum atomic E-state index is 14.9. The molecule has 7 atom stereocenters. The van der Waals surface area contributed by atoms with Gasteiger partial charge in [0.2, 0.25) is 11.8 Å². The quantitative estimate of drug-likeness (QED) is 0.126. The zero-order valence-electron chi connectivity index (χ0n) is 45.4. The van der Waals surface area contributed by atoms with Crippen molar-refractivity contribution in [2.45, 2.75) is 130 Å². The lowest BCUT2D eigenvalue weighted by atomic mass is 9.84. The van der Waals surface area contributed by atoms with E-state index in [0.29, 0.717) is 69.7 Å². The standard InChI is InChI=1S/C58H76N8O9/c1-11-64-49-19-18-40-29-45(49)46(53(64)44-15-12-21-59-51(44)38(6)73-10)30-58(7,8)34-75-57(72)47-16-13-23-66(61-47)56(71)48(27-39-25-42(40)28-43(67)26-39)60-54(69)52(35(2)3)62(9)55(70)41-20-24-63(31-41)50(68)17-14-22-65-36(4)32-74-33-37(65)5/h12,15,18-19,21,25-26,28-29,35-38,41,47-48,52,61,67H,11,13,16,20,22-24,27,30-34H2,1-10H3,(H,60,69)/t36-,37+,38-,41-,47-,48-,52?/m0/s1. The molecule has 75 heavy (non-hydrogen) atoms. The predicted octanol–water partition coefficient (Wildman–Crippen LogP) is 5.90. The third-order valence-corrected chi connectivity index (χ3v) is 15.5. The van der Waals surface area contributed by atoms with E-state index in [2.05, 4.69) is 84.9 Å². The molecule has 2 aromatic carbocycles. The number of pyridine rings is 1. The SMILES string of the molecule is CCn1c(-c2cccnc2[C@H](C)OC)c2c3cc(ccc31)-c1cc(O)cc(c1)C[C@H](NC(=O)C(C(C)C)N(C)C(=O)[C@H]1CCN(C(=O)C#CCN3[C@H](C)COC[C@@H]3C)C1)C(=O)N1CCC[C@H](N1)C(=O)OCC(C)(C)C2. The van der Waals surface area contributed by atoms with Crippen LogP contribution in [0.5, 0.6) is 5.75 Å². The van der Waals surface area contributed by atoms with E-state index in [0.717, 1.165) is 39.0 Å². The van der Waals surface area contributed by atoms with Gasteiger partial charge in [-0.3, -0.25) is 38.9 Å². The molecule has 0 radical (unpaired) electrons.